The van der Waals surface area contributed by atoms with Crippen molar-refractivity contribution < 1.29 is 0 Å². The Morgan fingerprint density at radius 1 is 1.07 bits per heavy atom. The highest BCUT2D eigenvalue weighted by Crippen LogP contribution is 2.38. The predicted molar refractivity (Wildman–Crippen MR) is 64.6 cm³/mol. The smallest absolute Gasteiger partial charge is 0.0201 e. The van der Waals surface area contributed by atoms with Gasteiger partial charge in [-0.25, -0.2) is 0 Å². The Morgan fingerprint density at radius 2 is 1.86 bits per heavy atom. The zero-order valence-electron chi connectivity index (χ0n) is 9.24. The molecule has 0 saturated heterocycles. The van der Waals surface area contributed by atoms with Crippen molar-refractivity contribution in [2.75, 3.05) is 0 Å². The van der Waals surface area contributed by atoms with E-state index in [-0.39, 0.29) is 0 Å². The van der Waals surface area contributed by atoms with Crippen LogP contribution in [0.4, 0.5) is 0 Å². The van der Waals surface area contributed by atoms with Crippen LogP contribution in [0.15, 0.2) is 0 Å². The van der Waals surface area contributed by atoms with Crippen LogP contribution < -0.4 is 5.73 Å². The van der Waals surface area contributed by atoms with Crippen molar-refractivity contribution in [1.29, 1.82) is 0 Å². The molecule has 2 rings (SSSR count). The van der Waals surface area contributed by atoms with E-state index >= 15 is 0 Å². The molecule has 1 nitrogen and oxygen atoms in total. The highest BCUT2D eigenvalue weighted by molar-refractivity contribution is 8.00. The van der Waals surface area contributed by atoms with Crippen LogP contribution in [0.2, 0.25) is 0 Å². The van der Waals surface area contributed by atoms with Gasteiger partial charge in [-0.1, -0.05) is 26.2 Å². The number of thioether (sulfide) groups is 1. The molecule has 0 aliphatic heterocycles. The zero-order valence-corrected chi connectivity index (χ0v) is 10.1. The fraction of sp³-hybridized carbons (Fsp3) is 1.00. The molecule has 2 N–H and O–H groups in total. The maximum atomic E-state index is 6.11. The van der Waals surface area contributed by atoms with Crippen molar-refractivity contribution in [2.45, 2.75) is 68.4 Å². The van der Waals surface area contributed by atoms with E-state index in [4.69, 9.17) is 5.73 Å². The van der Waals surface area contributed by atoms with Gasteiger partial charge in [-0.15, -0.1) is 0 Å². The molecule has 82 valence electrons. The predicted octanol–water partition coefficient (Wildman–Crippen LogP) is 3.18. The fourth-order valence-electron chi connectivity index (χ4n) is 2.87. The van der Waals surface area contributed by atoms with Crippen molar-refractivity contribution in [3.8, 4) is 0 Å². The fourth-order valence-corrected chi connectivity index (χ4v) is 4.75. The van der Waals surface area contributed by atoms with Gasteiger partial charge in [-0.05, 0) is 31.6 Å². The second-order valence-corrected chi connectivity index (χ2v) is 6.71. The lowest BCUT2D eigenvalue weighted by molar-refractivity contribution is 0.393. The summed E-state index contributed by atoms with van der Waals surface area (Å²) in [5.41, 5.74) is 6.11. The standard InChI is InChI=1S/C12H23NS/c1-9-4-2-5-10(8-9)14-12-7-3-6-11(12)13/h9-12H,2-8,13H2,1H3. The highest BCUT2D eigenvalue weighted by atomic mass is 32.2. The van der Waals surface area contributed by atoms with Crippen molar-refractivity contribution in [1.82, 2.24) is 0 Å². The van der Waals surface area contributed by atoms with Gasteiger partial charge in [-0.3, -0.25) is 0 Å². The number of hydrogen-bond donors (Lipinski definition) is 1. The zero-order chi connectivity index (χ0) is 9.97. The third-order valence-corrected chi connectivity index (χ3v) is 5.51. The normalized spacial score (nSPS) is 44.1. The molecule has 0 amide bonds. The van der Waals surface area contributed by atoms with Crippen LogP contribution in [0.3, 0.4) is 0 Å². The van der Waals surface area contributed by atoms with Crippen molar-refractivity contribution >= 4 is 11.8 Å². The summed E-state index contributed by atoms with van der Waals surface area (Å²) >= 11 is 2.22. The first kappa shape index (κ1) is 10.8. The van der Waals surface area contributed by atoms with Crippen LogP contribution in [0.5, 0.6) is 0 Å². The first-order valence-electron chi connectivity index (χ1n) is 6.16. The molecule has 0 spiro atoms. The van der Waals surface area contributed by atoms with Gasteiger partial charge in [0.2, 0.25) is 0 Å². The lowest BCUT2D eigenvalue weighted by atomic mass is 9.91. The van der Waals surface area contributed by atoms with Crippen LogP contribution in [-0.4, -0.2) is 16.5 Å². The van der Waals surface area contributed by atoms with E-state index in [0.717, 1.165) is 16.4 Å². The van der Waals surface area contributed by atoms with Crippen molar-refractivity contribution in [2.24, 2.45) is 11.7 Å². The Balaban J connectivity index is 1.78. The summed E-state index contributed by atoms with van der Waals surface area (Å²) in [6.45, 7) is 2.40. The Bertz CT molecular complexity index is 183. The molecule has 4 unspecified atom stereocenters. The molecule has 14 heavy (non-hydrogen) atoms. The lowest BCUT2D eigenvalue weighted by Gasteiger charge is -2.29. The molecule has 0 radical (unpaired) electrons. The van der Waals surface area contributed by atoms with Gasteiger partial charge >= 0.3 is 0 Å². The summed E-state index contributed by atoms with van der Waals surface area (Å²) in [4.78, 5) is 0. The van der Waals surface area contributed by atoms with Gasteiger partial charge in [-0.2, -0.15) is 11.8 Å². The summed E-state index contributed by atoms with van der Waals surface area (Å²) in [6.07, 6.45) is 9.78. The topological polar surface area (TPSA) is 26.0 Å². The van der Waals surface area contributed by atoms with E-state index in [1.54, 1.807) is 0 Å². The van der Waals surface area contributed by atoms with E-state index in [9.17, 15) is 0 Å². The lowest BCUT2D eigenvalue weighted by Crippen LogP contribution is -2.29. The number of nitrogens with two attached hydrogens (primary N) is 1. The number of rotatable bonds is 2. The van der Waals surface area contributed by atoms with Crippen LogP contribution in [0.25, 0.3) is 0 Å². The molecule has 4 atom stereocenters. The van der Waals surface area contributed by atoms with Crippen molar-refractivity contribution in [3.05, 3.63) is 0 Å². The van der Waals surface area contributed by atoms with Crippen LogP contribution in [-0.2, 0) is 0 Å². The molecule has 0 aromatic rings. The quantitative estimate of drug-likeness (QED) is 0.762. The maximum absolute atomic E-state index is 6.11. The van der Waals surface area contributed by atoms with Gasteiger partial charge < -0.3 is 5.73 Å². The molecule has 0 aromatic heterocycles. The van der Waals surface area contributed by atoms with Gasteiger partial charge in [0.15, 0.2) is 0 Å². The molecule has 2 saturated carbocycles. The summed E-state index contributed by atoms with van der Waals surface area (Å²) in [6, 6.07) is 0.497. The van der Waals surface area contributed by atoms with Gasteiger partial charge in [0.25, 0.3) is 0 Å². The molecule has 0 heterocycles. The Morgan fingerprint density at radius 3 is 2.50 bits per heavy atom. The van der Waals surface area contributed by atoms with E-state index in [2.05, 4.69) is 18.7 Å². The molecule has 0 aromatic carbocycles. The van der Waals surface area contributed by atoms with Crippen LogP contribution in [0.1, 0.15) is 51.9 Å². The van der Waals surface area contributed by atoms with Crippen molar-refractivity contribution in [3.63, 3.8) is 0 Å². The van der Waals surface area contributed by atoms with Crippen LogP contribution >= 0.6 is 11.8 Å². The molecular weight excluding hydrogens is 190 g/mol. The third kappa shape index (κ3) is 2.66. The molecule has 2 aliphatic carbocycles. The van der Waals surface area contributed by atoms with Gasteiger partial charge in [0.1, 0.15) is 0 Å². The SMILES string of the molecule is CC1CCCC(SC2CCCC2N)C1. The van der Waals surface area contributed by atoms with E-state index in [1.165, 1.54) is 44.9 Å². The highest BCUT2D eigenvalue weighted by Gasteiger charge is 2.29. The minimum Gasteiger partial charge on any atom is -0.327 e. The number of hydrogen-bond acceptors (Lipinski definition) is 2. The summed E-state index contributed by atoms with van der Waals surface area (Å²) in [7, 11) is 0. The minimum atomic E-state index is 0.497. The summed E-state index contributed by atoms with van der Waals surface area (Å²) < 4.78 is 0. The average molecular weight is 213 g/mol. The third-order valence-electron chi connectivity index (χ3n) is 3.76. The summed E-state index contributed by atoms with van der Waals surface area (Å²) in [5, 5.41) is 1.71. The second kappa shape index (κ2) is 4.89. The first-order valence-corrected chi connectivity index (χ1v) is 7.11. The minimum absolute atomic E-state index is 0.497. The molecule has 2 heteroatoms. The Hall–Kier alpha value is 0.310. The summed E-state index contributed by atoms with van der Waals surface area (Å²) in [5.74, 6) is 0.957. The van der Waals surface area contributed by atoms with E-state index in [0.29, 0.717) is 6.04 Å². The van der Waals surface area contributed by atoms with Gasteiger partial charge in [0, 0.05) is 16.5 Å². The molecule has 0 bridgehead atoms. The molecular formula is C12H23NS. The Labute approximate surface area is 92.2 Å². The first-order chi connectivity index (χ1) is 6.75. The average Bonchev–Trinajstić information content (AvgIpc) is 2.52. The van der Waals surface area contributed by atoms with E-state index < -0.39 is 0 Å². The molecule has 2 fully saturated rings. The van der Waals surface area contributed by atoms with Crippen LogP contribution in [0, 0.1) is 5.92 Å². The maximum Gasteiger partial charge on any atom is 0.0201 e. The second-order valence-electron chi connectivity index (χ2n) is 5.16. The van der Waals surface area contributed by atoms with E-state index in [1.807, 2.05) is 0 Å². The van der Waals surface area contributed by atoms with Gasteiger partial charge in [0.05, 0.1) is 0 Å². The largest absolute Gasteiger partial charge is 0.327 e. The monoisotopic (exact) mass is 213 g/mol. The molecule has 2 aliphatic rings. The Kier molecular flexibility index (Phi) is 3.78.